The van der Waals surface area contributed by atoms with Crippen LogP contribution in [0.4, 0.5) is 10.1 Å². The molecule has 3 aliphatic rings. The van der Waals surface area contributed by atoms with Gasteiger partial charge in [-0.1, -0.05) is 0 Å². The molecule has 0 atom stereocenters. The fraction of sp³-hybridized carbons (Fsp3) is 0.579. The SMILES string of the molecule is COc1c(N2CCC3(CC2)OCCO3)c(F)cc2c(=O)[nH]c(=O)n(C3CC3)c12. The van der Waals surface area contributed by atoms with Crippen LogP contribution in [0.1, 0.15) is 31.7 Å². The largest absolute Gasteiger partial charge is 0.492 e. The minimum absolute atomic E-state index is 0.00368. The summed E-state index contributed by atoms with van der Waals surface area (Å²) < 4.78 is 33.7. The summed E-state index contributed by atoms with van der Waals surface area (Å²) in [6.07, 6.45) is 2.91. The lowest BCUT2D eigenvalue weighted by molar-refractivity contribution is -0.169. The Hall–Kier alpha value is -2.39. The number of fused-ring (bicyclic) bond motifs is 1. The van der Waals surface area contributed by atoms with Gasteiger partial charge in [-0.3, -0.25) is 14.3 Å². The Bertz CT molecular complexity index is 1040. The molecule has 0 bridgehead atoms. The first-order valence-electron chi connectivity index (χ1n) is 9.61. The van der Waals surface area contributed by atoms with Gasteiger partial charge in [0.25, 0.3) is 5.56 Å². The molecule has 3 fully saturated rings. The molecule has 3 heterocycles. The summed E-state index contributed by atoms with van der Waals surface area (Å²) in [6.45, 7) is 2.19. The molecule has 1 aromatic heterocycles. The number of hydrogen-bond acceptors (Lipinski definition) is 6. The highest BCUT2D eigenvalue weighted by atomic mass is 19.1. The monoisotopic (exact) mass is 391 g/mol. The summed E-state index contributed by atoms with van der Waals surface area (Å²) >= 11 is 0. The van der Waals surface area contributed by atoms with Crippen LogP contribution in [0.25, 0.3) is 10.9 Å². The molecule has 1 N–H and O–H groups in total. The van der Waals surface area contributed by atoms with Crippen LogP contribution < -0.4 is 20.9 Å². The number of nitrogens with zero attached hydrogens (tertiary/aromatic N) is 2. The second-order valence-corrected chi connectivity index (χ2v) is 7.59. The summed E-state index contributed by atoms with van der Waals surface area (Å²) in [5.41, 5.74) is -0.446. The van der Waals surface area contributed by atoms with Crippen LogP contribution in [-0.2, 0) is 9.47 Å². The number of anilines is 1. The van der Waals surface area contributed by atoms with Crippen LogP contribution in [0.2, 0.25) is 0 Å². The summed E-state index contributed by atoms with van der Waals surface area (Å²) in [5, 5.41) is 0.125. The zero-order chi connectivity index (χ0) is 19.5. The molecule has 9 heteroatoms. The molecule has 150 valence electrons. The number of aromatic nitrogens is 2. The van der Waals surface area contributed by atoms with E-state index >= 15 is 4.39 Å². The molecule has 1 aromatic carbocycles. The Labute approximate surface area is 159 Å². The highest BCUT2D eigenvalue weighted by molar-refractivity contribution is 5.91. The second kappa shape index (κ2) is 6.31. The van der Waals surface area contributed by atoms with Crippen molar-refractivity contribution in [1.29, 1.82) is 0 Å². The van der Waals surface area contributed by atoms with Crippen molar-refractivity contribution in [3.8, 4) is 5.75 Å². The zero-order valence-electron chi connectivity index (χ0n) is 15.6. The van der Waals surface area contributed by atoms with E-state index in [9.17, 15) is 9.59 Å². The van der Waals surface area contributed by atoms with Gasteiger partial charge in [-0.2, -0.15) is 0 Å². The molecule has 8 nitrogen and oxygen atoms in total. The number of ether oxygens (including phenoxy) is 3. The molecule has 28 heavy (non-hydrogen) atoms. The van der Waals surface area contributed by atoms with Gasteiger partial charge in [-0.15, -0.1) is 0 Å². The maximum atomic E-state index is 15.1. The fourth-order valence-corrected chi connectivity index (χ4v) is 4.37. The predicted octanol–water partition coefficient (Wildman–Crippen LogP) is 1.52. The van der Waals surface area contributed by atoms with Gasteiger partial charge >= 0.3 is 5.69 Å². The number of rotatable bonds is 3. The average molecular weight is 391 g/mol. The number of nitrogens with one attached hydrogen (secondary N) is 1. The maximum Gasteiger partial charge on any atom is 0.329 e. The summed E-state index contributed by atoms with van der Waals surface area (Å²) in [4.78, 5) is 29.0. The van der Waals surface area contributed by atoms with Crippen LogP contribution in [0.3, 0.4) is 0 Å². The minimum Gasteiger partial charge on any atom is -0.492 e. The van der Waals surface area contributed by atoms with Crippen LogP contribution in [0, 0.1) is 5.82 Å². The van der Waals surface area contributed by atoms with Gasteiger partial charge in [0.1, 0.15) is 11.2 Å². The summed E-state index contributed by atoms with van der Waals surface area (Å²) in [7, 11) is 1.44. The lowest BCUT2D eigenvalue weighted by atomic mass is 10.0. The molecular weight excluding hydrogens is 369 g/mol. The third-order valence-corrected chi connectivity index (χ3v) is 5.88. The van der Waals surface area contributed by atoms with Crippen molar-refractivity contribution in [3.05, 3.63) is 32.7 Å². The number of methoxy groups -OCH3 is 1. The third-order valence-electron chi connectivity index (χ3n) is 5.88. The van der Waals surface area contributed by atoms with Crippen molar-refractivity contribution < 1.29 is 18.6 Å². The van der Waals surface area contributed by atoms with Gasteiger partial charge in [0.15, 0.2) is 17.4 Å². The number of aromatic amines is 1. The van der Waals surface area contributed by atoms with E-state index in [1.807, 2.05) is 4.90 Å². The van der Waals surface area contributed by atoms with E-state index in [2.05, 4.69) is 4.98 Å². The molecule has 2 saturated heterocycles. The van der Waals surface area contributed by atoms with Crippen molar-refractivity contribution in [2.75, 3.05) is 38.3 Å². The second-order valence-electron chi connectivity index (χ2n) is 7.59. The molecule has 0 unspecified atom stereocenters. The maximum absolute atomic E-state index is 15.1. The lowest BCUT2D eigenvalue weighted by Crippen LogP contribution is -2.45. The van der Waals surface area contributed by atoms with E-state index in [-0.39, 0.29) is 22.9 Å². The van der Waals surface area contributed by atoms with Gasteiger partial charge < -0.3 is 19.1 Å². The molecule has 0 amide bonds. The molecule has 0 radical (unpaired) electrons. The van der Waals surface area contributed by atoms with E-state index in [4.69, 9.17) is 14.2 Å². The number of H-pyrrole nitrogens is 1. The molecule has 2 aromatic rings. The fourth-order valence-electron chi connectivity index (χ4n) is 4.37. The highest BCUT2D eigenvalue weighted by Gasteiger charge is 2.41. The van der Waals surface area contributed by atoms with Crippen LogP contribution in [0.15, 0.2) is 15.7 Å². The Morgan fingerprint density at radius 3 is 2.50 bits per heavy atom. The smallest absolute Gasteiger partial charge is 0.329 e. The predicted molar refractivity (Wildman–Crippen MR) is 99.7 cm³/mol. The Morgan fingerprint density at radius 1 is 1.21 bits per heavy atom. The number of halogens is 1. The molecular formula is C19H22FN3O5. The van der Waals surface area contributed by atoms with Crippen LogP contribution >= 0.6 is 0 Å². The first-order chi connectivity index (χ1) is 13.5. The van der Waals surface area contributed by atoms with Gasteiger partial charge in [0.05, 0.1) is 25.7 Å². The standard InChI is InChI=1S/C19H22FN3O5/c1-26-16-14-12(17(24)21-18(25)23(14)11-2-3-11)10-13(20)15(16)22-6-4-19(5-7-22)27-8-9-28-19/h10-11H,2-9H2,1H3,(H,21,24,25). The third kappa shape index (κ3) is 2.64. The summed E-state index contributed by atoms with van der Waals surface area (Å²) in [5.74, 6) is -0.890. The number of hydrogen-bond donors (Lipinski definition) is 1. The lowest BCUT2D eigenvalue weighted by Gasteiger charge is -2.39. The molecule has 1 spiro atoms. The van der Waals surface area contributed by atoms with Crippen molar-refractivity contribution in [2.24, 2.45) is 0 Å². The van der Waals surface area contributed by atoms with Gasteiger partial charge in [0.2, 0.25) is 0 Å². The van der Waals surface area contributed by atoms with Gasteiger partial charge in [-0.25, -0.2) is 9.18 Å². The van der Waals surface area contributed by atoms with E-state index in [0.29, 0.717) is 44.7 Å². The molecule has 5 rings (SSSR count). The molecule has 1 saturated carbocycles. The van der Waals surface area contributed by atoms with Crippen molar-refractivity contribution in [3.63, 3.8) is 0 Å². The van der Waals surface area contributed by atoms with E-state index in [1.54, 1.807) is 0 Å². The molecule has 1 aliphatic carbocycles. The zero-order valence-corrected chi connectivity index (χ0v) is 15.6. The number of piperidine rings is 1. The Morgan fingerprint density at radius 2 is 1.89 bits per heavy atom. The Kier molecular flexibility index (Phi) is 3.99. The minimum atomic E-state index is -0.606. The van der Waals surface area contributed by atoms with Crippen molar-refractivity contribution >= 4 is 16.6 Å². The van der Waals surface area contributed by atoms with E-state index in [0.717, 1.165) is 12.8 Å². The topological polar surface area (TPSA) is 85.8 Å². The van der Waals surface area contributed by atoms with Crippen LogP contribution in [0.5, 0.6) is 5.75 Å². The highest BCUT2D eigenvalue weighted by Crippen LogP contribution is 2.43. The average Bonchev–Trinajstić information content (AvgIpc) is 3.42. The van der Waals surface area contributed by atoms with E-state index < -0.39 is 22.9 Å². The number of benzene rings is 1. The first-order valence-corrected chi connectivity index (χ1v) is 9.61. The Balaban J connectivity index is 1.65. The molecule has 2 aliphatic heterocycles. The van der Waals surface area contributed by atoms with Gasteiger partial charge in [-0.05, 0) is 18.9 Å². The summed E-state index contributed by atoms with van der Waals surface area (Å²) in [6, 6.07) is 1.21. The normalized spacial score (nSPS) is 21.6. The van der Waals surface area contributed by atoms with Gasteiger partial charge in [0, 0.05) is 32.0 Å². The van der Waals surface area contributed by atoms with Crippen molar-refractivity contribution in [2.45, 2.75) is 37.5 Å². The van der Waals surface area contributed by atoms with E-state index in [1.165, 1.54) is 17.7 Å². The first kappa shape index (κ1) is 17.7. The van der Waals surface area contributed by atoms with Crippen molar-refractivity contribution in [1.82, 2.24) is 9.55 Å². The van der Waals surface area contributed by atoms with Crippen LogP contribution in [-0.4, -0.2) is 48.8 Å². The quantitative estimate of drug-likeness (QED) is 0.854.